The summed E-state index contributed by atoms with van der Waals surface area (Å²) in [4.78, 5) is 10.4. The number of nitro groups is 1. The Balaban J connectivity index is 2.13. The number of hydrogen-bond donors (Lipinski definition) is 2. The van der Waals surface area contributed by atoms with Crippen LogP contribution in [0.1, 0.15) is 18.4 Å². The first-order chi connectivity index (χ1) is 9.54. The molecule has 1 fully saturated rings. The number of nitro benzene ring substituents is 1. The highest BCUT2D eigenvalue weighted by molar-refractivity contribution is 5.51. The lowest BCUT2D eigenvalue weighted by Crippen LogP contribution is -2.46. The average molecular weight is 277 g/mol. The Morgan fingerprint density at radius 1 is 1.50 bits per heavy atom. The molecule has 0 amide bonds. The molecule has 1 aromatic carbocycles. The van der Waals surface area contributed by atoms with E-state index in [1.54, 1.807) is 0 Å². The molecule has 2 rings (SSSR count). The van der Waals surface area contributed by atoms with Crippen molar-refractivity contribution in [1.29, 1.82) is 5.26 Å². The zero-order valence-electron chi connectivity index (χ0n) is 10.8. The molecule has 106 valence electrons. The third kappa shape index (κ3) is 3.23. The summed E-state index contributed by atoms with van der Waals surface area (Å²) in [6, 6.07) is 5.86. The Labute approximate surface area is 115 Å². The van der Waals surface area contributed by atoms with Crippen molar-refractivity contribution in [3.8, 4) is 11.8 Å². The Morgan fingerprint density at radius 2 is 2.20 bits per heavy atom. The molecule has 20 heavy (non-hydrogen) atoms. The largest absolute Gasteiger partial charge is 0.484 e. The van der Waals surface area contributed by atoms with Crippen molar-refractivity contribution >= 4 is 5.69 Å². The van der Waals surface area contributed by atoms with Crippen LogP contribution in [-0.4, -0.2) is 35.3 Å². The third-order valence-electron chi connectivity index (χ3n) is 3.32. The van der Waals surface area contributed by atoms with E-state index in [1.165, 1.54) is 18.2 Å². The number of piperidine rings is 1. The van der Waals surface area contributed by atoms with Gasteiger partial charge in [-0.2, -0.15) is 5.26 Å². The molecule has 7 heteroatoms. The number of hydrogen-bond acceptors (Lipinski definition) is 6. The molecule has 0 atom stereocenters. The highest BCUT2D eigenvalue weighted by atomic mass is 16.6. The van der Waals surface area contributed by atoms with Crippen LogP contribution in [0.2, 0.25) is 0 Å². The molecular weight excluding hydrogens is 262 g/mol. The van der Waals surface area contributed by atoms with Gasteiger partial charge in [0.1, 0.15) is 12.2 Å². The minimum atomic E-state index is -0.965. The topological polar surface area (TPSA) is 108 Å². The summed E-state index contributed by atoms with van der Waals surface area (Å²) in [6.07, 6.45) is 1.08. The summed E-state index contributed by atoms with van der Waals surface area (Å²) < 4.78 is 5.41. The number of nitriles is 1. The molecule has 0 unspecified atom stereocenters. The van der Waals surface area contributed by atoms with Gasteiger partial charge in [-0.05, 0) is 38.1 Å². The van der Waals surface area contributed by atoms with E-state index in [2.05, 4.69) is 5.32 Å². The van der Waals surface area contributed by atoms with E-state index in [-0.39, 0.29) is 23.6 Å². The quantitative estimate of drug-likeness (QED) is 0.626. The summed E-state index contributed by atoms with van der Waals surface area (Å²) >= 11 is 0. The van der Waals surface area contributed by atoms with E-state index in [1.807, 2.05) is 6.07 Å². The molecule has 1 heterocycles. The van der Waals surface area contributed by atoms with Crippen molar-refractivity contribution in [2.24, 2.45) is 0 Å². The van der Waals surface area contributed by atoms with Crippen molar-refractivity contribution in [1.82, 2.24) is 5.32 Å². The van der Waals surface area contributed by atoms with Gasteiger partial charge in [-0.25, -0.2) is 0 Å². The minimum Gasteiger partial charge on any atom is -0.484 e. The Bertz CT molecular complexity index is 547. The van der Waals surface area contributed by atoms with Gasteiger partial charge in [0.2, 0.25) is 0 Å². The SMILES string of the molecule is N#Cc1ccc(OCC2(O)CCNCC2)c([N+](=O)[O-])c1. The van der Waals surface area contributed by atoms with Crippen molar-refractivity contribution in [3.63, 3.8) is 0 Å². The van der Waals surface area contributed by atoms with Gasteiger partial charge in [-0.15, -0.1) is 0 Å². The van der Waals surface area contributed by atoms with Crippen molar-refractivity contribution < 1.29 is 14.8 Å². The highest BCUT2D eigenvalue weighted by Gasteiger charge is 2.31. The molecule has 1 aliphatic heterocycles. The van der Waals surface area contributed by atoms with Crippen LogP contribution in [0.15, 0.2) is 18.2 Å². The number of nitrogens with one attached hydrogen (secondary N) is 1. The van der Waals surface area contributed by atoms with Gasteiger partial charge < -0.3 is 15.2 Å². The Kier molecular flexibility index (Phi) is 4.17. The van der Waals surface area contributed by atoms with Gasteiger partial charge in [0.15, 0.2) is 5.75 Å². The van der Waals surface area contributed by atoms with Crippen LogP contribution in [0.4, 0.5) is 5.69 Å². The van der Waals surface area contributed by atoms with Gasteiger partial charge in [0.05, 0.1) is 16.6 Å². The van der Waals surface area contributed by atoms with E-state index in [0.717, 1.165) is 0 Å². The summed E-state index contributed by atoms with van der Waals surface area (Å²) in [5, 5.41) is 33.1. The minimum absolute atomic E-state index is 0.00141. The monoisotopic (exact) mass is 277 g/mol. The van der Waals surface area contributed by atoms with Gasteiger partial charge >= 0.3 is 5.69 Å². The number of aliphatic hydroxyl groups is 1. The number of rotatable bonds is 4. The van der Waals surface area contributed by atoms with Crippen LogP contribution in [0.5, 0.6) is 5.75 Å². The molecule has 0 aliphatic carbocycles. The second kappa shape index (κ2) is 5.86. The van der Waals surface area contributed by atoms with Crippen LogP contribution < -0.4 is 10.1 Å². The standard InChI is InChI=1S/C13H15N3O4/c14-8-10-1-2-12(11(7-10)16(18)19)20-9-13(17)3-5-15-6-4-13/h1-2,7,15,17H,3-6,9H2. The second-order valence-electron chi connectivity index (χ2n) is 4.81. The van der Waals surface area contributed by atoms with Gasteiger partial charge in [-0.3, -0.25) is 10.1 Å². The fourth-order valence-corrected chi connectivity index (χ4v) is 2.10. The van der Waals surface area contributed by atoms with Crippen LogP contribution in [-0.2, 0) is 0 Å². The molecule has 0 saturated carbocycles. The lowest BCUT2D eigenvalue weighted by Gasteiger charge is -2.32. The fraction of sp³-hybridized carbons (Fsp3) is 0.462. The molecule has 7 nitrogen and oxygen atoms in total. The van der Waals surface area contributed by atoms with E-state index < -0.39 is 10.5 Å². The molecule has 0 spiro atoms. The smallest absolute Gasteiger partial charge is 0.312 e. The maximum absolute atomic E-state index is 11.0. The van der Waals surface area contributed by atoms with Crippen LogP contribution in [0, 0.1) is 21.4 Å². The molecule has 1 aromatic rings. The lowest BCUT2D eigenvalue weighted by molar-refractivity contribution is -0.386. The summed E-state index contributed by atoms with van der Waals surface area (Å²) in [6.45, 7) is 1.38. The van der Waals surface area contributed by atoms with Crippen molar-refractivity contribution in [2.45, 2.75) is 18.4 Å². The third-order valence-corrected chi connectivity index (χ3v) is 3.32. The zero-order valence-corrected chi connectivity index (χ0v) is 10.8. The van der Waals surface area contributed by atoms with Crippen molar-refractivity contribution in [3.05, 3.63) is 33.9 Å². The molecule has 0 radical (unpaired) electrons. The Hall–Kier alpha value is -2.17. The van der Waals surface area contributed by atoms with Crippen LogP contribution in [0.3, 0.4) is 0 Å². The predicted octanol–water partition coefficient (Wildman–Crippen LogP) is 0.960. The normalized spacial score (nSPS) is 17.2. The van der Waals surface area contributed by atoms with Crippen LogP contribution in [0.25, 0.3) is 0 Å². The van der Waals surface area contributed by atoms with E-state index in [9.17, 15) is 15.2 Å². The lowest BCUT2D eigenvalue weighted by atomic mass is 9.93. The van der Waals surface area contributed by atoms with Gasteiger partial charge in [0.25, 0.3) is 0 Å². The first kappa shape index (κ1) is 14.2. The molecule has 1 aliphatic rings. The highest BCUT2D eigenvalue weighted by Crippen LogP contribution is 2.29. The first-order valence-electron chi connectivity index (χ1n) is 6.28. The zero-order chi connectivity index (χ0) is 14.6. The predicted molar refractivity (Wildman–Crippen MR) is 70.4 cm³/mol. The number of ether oxygens (including phenoxy) is 1. The van der Waals surface area contributed by atoms with Gasteiger partial charge in [-0.1, -0.05) is 0 Å². The Morgan fingerprint density at radius 3 is 2.80 bits per heavy atom. The second-order valence-corrected chi connectivity index (χ2v) is 4.81. The summed E-state index contributed by atoms with van der Waals surface area (Å²) in [5.41, 5.74) is -1.03. The van der Waals surface area contributed by atoms with E-state index in [0.29, 0.717) is 25.9 Å². The molecule has 0 aromatic heterocycles. The molecule has 2 N–H and O–H groups in total. The van der Waals surface area contributed by atoms with Crippen LogP contribution >= 0.6 is 0 Å². The van der Waals surface area contributed by atoms with Gasteiger partial charge in [0, 0.05) is 6.07 Å². The van der Waals surface area contributed by atoms with E-state index >= 15 is 0 Å². The number of nitrogens with zero attached hydrogens (tertiary/aromatic N) is 2. The molecular formula is C13H15N3O4. The van der Waals surface area contributed by atoms with Crippen molar-refractivity contribution in [2.75, 3.05) is 19.7 Å². The van der Waals surface area contributed by atoms with E-state index in [4.69, 9.17) is 10.00 Å². The first-order valence-corrected chi connectivity index (χ1v) is 6.28. The summed E-state index contributed by atoms with van der Waals surface area (Å²) in [7, 11) is 0. The maximum Gasteiger partial charge on any atom is 0.312 e. The number of benzene rings is 1. The summed E-state index contributed by atoms with van der Waals surface area (Å²) in [5.74, 6) is 0.0703. The molecule has 0 bridgehead atoms. The molecule has 1 saturated heterocycles. The maximum atomic E-state index is 11.0. The fourth-order valence-electron chi connectivity index (χ4n) is 2.10. The average Bonchev–Trinajstić information content (AvgIpc) is 2.45.